The third-order valence-corrected chi connectivity index (χ3v) is 5.54. The maximum atomic E-state index is 12.2. The number of sulfonamides is 1. The third kappa shape index (κ3) is 4.16. The van der Waals surface area contributed by atoms with Crippen molar-refractivity contribution in [1.29, 1.82) is 0 Å². The van der Waals surface area contributed by atoms with Gasteiger partial charge in [0.15, 0.2) is 0 Å². The molecule has 1 saturated carbocycles. The lowest BCUT2D eigenvalue weighted by Gasteiger charge is -2.22. The molecule has 1 aliphatic carbocycles. The van der Waals surface area contributed by atoms with E-state index in [1.807, 2.05) is 13.0 Å². The van der Waals surface area contributed by atoms with Gasteiger partial charge in [0.25, 0.3) is 0 Å². The standard InChI is InChI=1S/C13H19ClN2O2S/c1-10-7-11(8-13(14)16-10)9-15-19(17,18)12-5-3-2-4-6-12/h7-8,12,15H,2-6,9H2,1H3. The van der Waals surface area contributed by atoms with Crippen molar-refractivity contribution < 1.29 is 8.42 Å². The molecule has 0 atom stereocenters. The Labute approximate surface area is 119 Å². The molecule has 0 unspecified atom stereocenters. The minimum absolute atomic E-state index is 0.236. The molecule has 106 valence electrons. The molecule has 4 nitrogen and oxygen atoms in total. The van der Waals surface area contributed by atoms with Crippen molar-refractivity contribution in [3.8, 4) is 0 Å². The molecule has 2 rings (SSSR count). The third-order valence-electron chi connectivity index (χ3n) is 3.45. The van der Waals surface area contributed by atoms with Gasteiger partial charge in [-0.3, -0.25) is 0 Å². The first-order valence-electron chi connectivity index (χ1n) is 6.59. The zero-order chi connectivity index (χ0) is 13.9. The van der Waals surface area contributed by atoms with E-state index in [9.17, 15) is 8.42 Å². The van der Waals surface area contributed by atoms with Gasteiger partial charge in [-0.25, -0.2) is 18.1 Å². The van der Waals surface area contributed by atoms with Gasteiger partial charge in [0, 0.05) is 12.2 Å². The summed E-state index contributed by atoms with van der Waals surface area (Å²) in [5.41, 5.74) is 1.64. The molecule has 6 heteroatoms. The van der Waals surface area contributed by atoms with Gasteiger partial charge in [0.05, 0.1) is 5.25 Å². The smallest absolute Gasteiger partial charge is 0.214 e. The van der Waals surface area contributed by atoms with E-state index in [-0.39, 0.29) is 11.8 Å². The van der Waals surface area contributed by atoms with Gasteiger partial charge in [-0.1, -0.05) is 30.9 Å². The highest BCUT2D eigenvalue weighted by Gasteiger charge is 2.26. The van der Waals surface area contributed by atoms with E-state index in [2.05, 4.69) is 9.71 Å². The monoisotopic (exact) mass is 302 g/mol. The van der Waals surface area contributed by atoms with Gasteiger partial charge in [-0.05, 0) is 37.5 Å². The molecule has 0 saturated heterocycles. The normalized spacial score (nSPS) is 17.6. The van der Waals surface area contributed by atoms with Crippen molar-refractivity contribution in [2.75, 3.05) is 0 Å². The van der Waals surface area contributed by atoms with Crippen LogP contribution in [0.5, 0.6) is 0 Å². The number of aromatic nitrogens is 1. The number of nitrogens with zero attached hydrogens (tertiary/aromatic N) is 1. The van der Waals surface area contributed by atoms with E-state index in [0.717, 1.165) is 43.4 Å². The van der Waals surface area contributed by atoms with Crippen LogP contribution in [0.2, 0.25) is 5.15 Å². The van der Waals surface area contributed by atoms with Crippen molar-refractivity contribution in [3.63, 3.8) is 0 Å². The van der Waals surface area contributed by atoms with Crippen LogP contribution in [0.15, 0.2) is 12.1 Å². The topological polar surface area (TPSA) is 59.1 Å². The van der Waals surface area contributed by atoms with Gasteiger partial charge in [0.1, 0.15) is 5.15 Å². The Morgan fingerprint density at radius 3 is 2.63 bits per heavy atom. The van der Waals surface area contributed by atoms with E-state index in [4.69, 9.17) is 11.6 Å². The second-order valence-corrected chi connectivity index (χ2v) is 7.50. The van der Waals surface area contributed by atoms with Crippen molar-refractivity contribution in [3.05, 3.63) is 28.5 Å². The second kappa shape index (κ2) is 6.20. The van der Waals surface area contributed by atoms with Gasteiger partial charge >= 0.3 is 0 Å². The molecule has 0 amide bonds. The lowest BCUT2D eigenvalue weighted by atomic mass is 10.0. The van der Waals surface area contributed by atoms with Crippen LogP contribution in [0.1, 0.15) is 43.4 Å². The lowest BCUT2D eigenvalue weighted by molar-refractivity contribution is 0.477. The lowest BCUT2D eigenvalue weighted by Crippen LogP contribution is -2.35. The fraction of sp³-hybridized carbons (Fsp3) is 0.615. The van der Waals surface area contributed by atoms with Crippen LogP contribution in [0, 0.1) is 6.92 Å². The van der Waals surface area contributed by atoms with Crippen LogP contribution >= 0.6 is 11.6 Å². The minimum Gasteiger partial charge on any atom is -0.241 e. The predicted molar refractivity (Wildman–Crippen MR) is 76.6 cm³/mol. The van der Waals surface area contributed by atoms with Crippen LogP contribution in [-0.2, 0) is 16.6 Å². The van der Waals surface area contributed by atoms with Crippen LogP contribution in [0.25, 0.3) is 0 Å². The first kappa shape index (κ1) is 14.8. The Hall–Kier alpha value is -0.650. The molecule has 1 N–H and O–H groups in total. The minimum atomic E-state index is -3.22. The highest BCUT2D eigenvalue weighted by Crippen LogP contribution is 2.23. The summed E-state index contributed by atoms with van der Waals surface area (Å²) < 4.78 is 27.0. The van der Waals surface area contributed by atoms with Crippen molar-refractivity contribution >= 4 is 21.6 Å². The van der Waals surface area contributed by atoms with Gasteiger partial charge in [-0.15, -0.1) is 0 Å². The van der Waals surface area contributed by atoms with Crippen LogP contribution in [-0.4, -0.2) is 18.7 Å². The number of hydrogen-bond donors (Lipinski definition) is 1. The van der Waals surface area contributed by atoms with E-state index in [1.54, 1.807) is 6.07 Å². The van der Waals surface area contributed by atoms with Crippen molar-refractivity contribution in [1.82, 2.24) is 9.71 Å². The molecule has 0 aromatic carbocycles. The average molecular weight is 303 g/mol. The number of hydrogen-bond acceptors (Lipinski definition) is 3. The van der Waals surface area contributed by atoms with E-state index < -0.39 is 10.0 Å². The molecule has 0 aliphatic heterocycles. The molecule has 0 radical (unpaired) electrons. The quantitative estimate of drug-likeness (QED) is 0.870. The Kier molecular flexibility index (Phi) is 4.81. The molecule has 1 fully saturated rings. The first-order valence-corrected chi connectivity index (χ1v) is 8.51. The van der Waals surface area contributed by atoms with Gasteiger partial charge < -0.3 is 0 Å². The maximum Gasteiger partial charge on any atom is 0.214 e. The summed E-state index contributed by atoms with van der Waals surface area (Å²) in [6.07, 6.45) is 4.69. The SMILES string of the molecule is Cc1cc(CNS(=O)(=O)C2CCCCC2)cc(Cl)n1. The number of pyridine rings is 1. The number of nitrogens with one attached hydrogen (secondary N) is 1. The highest BCUT2D eigenvalue weighted by molar-refractivity contribution is 7.90. The largest absolute Gasteiger partial charge is 0.241 e. The fourth-order valence-corrected chi connectivity index (χ4v) is 4.31. The molecular formula is C13H19ClN2O2S. The maximum absolute atomic E-state index is 12.2. The van der Waals surface area contributed by atoms with Gasteiger partial charge in [0.2, 0.25) is 10.0 Å². The second-order valence-electron chi connectivity index (χ2n) is 5.07. The predicted octanol–water partition coefficient (Wildman–Crippen LogP) is 2.80. The molecule has 1 heterocycles. The summed E-state index contributed by atoms with van der Waals surface area (Å²) in [5, 5.41) is 0.159. The zero-order valence-electron chi connectivity index (χ0n) is 11.0. The van der Waals surface area contributed by atoms with E-state index in [1.165, 1.54) is 0 Å². The highest BCUT2D eigenvalue weighted by atomic mass is 35.5. The summed E-state index contributed by atoms with van der Waals surface area (Å²) in [5.74, 6) is 0. The number of aryl methyl sites for hydroxylation is 1. The Balaban J connectivity index is 2.00. The fourth-order valence-electron chi connectivity index (χ4n) is 2.48. The summed E-state index contributed by atoms with van der Waals surface area (Å²) in [6, 6.07) is 3.53. The van der Waals surface area contributed by atoms with E-state index in [0.29, 0.717) is 5.15 Å². The van der Waals surface area contributed by atoms with E-state index >= 15 is 0 Å². The molecule has 1 aromatic rings. The summed E-state index contributed by atoms with van der Waals surface area (Å²) in [4.78, 5) is 4.06. The Bertz CT molecular complexity index is 519. The van der Waals surface area contributed by atoms with Crippen LogP contribution < -0.4 is 4.72 Å². The Morgan fingerprint density at radius 2 is 2.00 bits per heavy atom. The first-order chi connectivity index (χ1) is 8.97. The summed E-state index contributed by atoms with van der Waals surface area (Å²) >= 11 is 5.86. The van der Waals surface area contributed by atoms with Crippen LogP contribution in [0.4, 0.5) is 0 Å². The molecule has 1 aromatic heterocycles. The van der Waals surface area contributed by atoms with Crippen molar-refractivity contribution in [2.24, 2.45) is 0 Å². The van der Waals surface area contributed by atoms with Crippen molar-refractivity contribution in [2.45, 2.75) is 50.8 Å². The zero-order valence-corrected chi connectivity index (χ0v) is 12.6. The number of halogens is 1. The molecular weight excluding hydrogens is 284 g/mol. The Morgan fingerprint density at radius 1 is 1.32 bits per heavy atom. The molecule has 0 bridgehead atoms. The molecule has 19 heavy (non-hydrogen) atoms. The van der Waals surface area contributed by atoms with Crippen LogP contribution in [0.3, 0.4) is 0 Å². The summed E-state index contributed by atoms with van der Waals surface area (Å²) in [6.45, 7) is 2.12. The number of rotatable bonds is 4. The van der Waals surface area contributed by atoms with Gasteiger partial charge in [-0.2, -0.15) is 0 Å². The average Bonchev–Trinajstić information content (AvgIpc) is 2.37. The summed E-state index contributed by atoms with van der Waals surface area (Å²) in [7, 11) is -3.22. The molecule has 1 aliphatic rings. The molecule has 0 spiro atoms.